The third-order valence-electron chi connectivity index (χ3n) is 7.86. The summed E-state index contributed by atoms with van der Waals surface area (Å²) >= 11 is 0. The van der Waals surface area contributed by atoms with Crippen molar-refractivity contribution in [3.8, 4) is 16.9 Å². The van der Waals surface area contributed by atoms with Gasteiger partial charge in [-0.15, -0.1) is 0 Å². The fourth-order valence-electron chi connectivity index (χ4n) is 5.31. The fourth-order valence-corrected chi connectivity index (χ4v) is 5.31. The second-order valence-electron chi connectivity index (χ2n) is 11.2. The Bertz CT molecular complexity index is 1130. The molecule has 0 heterocycles. The summed E-state index contributed by atoms with van der Waals surface area (Å²) in [6.07, 6.45) is 10.6. The number of para-hydroxylation sites is 1. The van der Waals surface area contributed by atoms with Crippen LogP contribution in [0.25, 0.3) is 11.1 Å². The first-order valence-corrected chi connectivity index (χ1v) is 15.9. The van der Waals surface area contributed by atoms with Gasteiger partial charge in [-0.3, -0.25) is 4.79 Å². The van der Waals surface area contributed by atoms with Crippen molar-refractivity contribution in [3.05, 3.63) is 89.5 Å². The van der Waals surface area contributed by atoms with Gasteiger partial charge in [0, 0.05) is 24.2 Å². The predicted molar refractivity (Wildman–Crippen MR) is 174 cm³/mol. The van der Waals surface area contributed by atoms with Gasteiger partial charge in [-0.1, -0.05) is 101 Å². The maximum atomic E-state index is 13.8. The third kappa shape index (κ3) is 10.7. The van der Waals surface area contributed by atoms with Crippen molar-refractivity contribution < 1.29 is 9.53 Å². The maximum absolute atomic E-state index is 13.8. The largest absolute Gasteiger partial charge is 0.496 e. The van der Waals surface area contributed by atoms with Gasteiger partial charge < -0.3 is 14.5 Å². The van der Waals surface area contributed by atoms with Crippen LogP contribution in [0, 0.1) is 0 Å². The van der Waals surface area contributed by atoms with Gasteiger partial charge in [0.25, 0.3) is 5.91 Å². The molecule has 0 aromatic heterocycles. The minimum absolute atomic E-state index is 0.118. The van der Waals surface area contributed by atoms with Crippen LogP contribution in [0.5, 0.6) is 5.75 Å². The van der Waals surface area contributed by atoms with Crippen LogP contribution in [-0.4, -0.2) is 49.0 Å². The molecule has 0 saturated heterocycles. The van der Waals surface area contributed by atoms with E-state index in [1.807, 2.05) is 35.2 Å². The highest BCUT2D eigenvalue weighted by Gasteiger charge is 2.17. The van der Waals surface area contributed by atoms with Crippen LogP contribution in [0.3, 0.4) is 0 Å². The highest BCUT2D eigenvalue weighted by Crippen LogP contribution is 2.29. The highest BCUT2D eigenvalue weighted by atomic mass is 16.5. The predicted octanol–water partition coefficient (Wildman–Crippen LogP) is 9.03. The Kier molecular flexibility index (Phi) is 14.5. The second kappa shape index (κ2) is 18.3. The number of carbonyl (C=O) groups excluding carboxylic acids is 1. The lowest BCUT2D eigenvalue weighted by Crippen LogP contribution is -2.34. The molecule has 0 aliphatic rings. The zero-order valence-corrected chi connectivity index (χ0v) is 26.0. The van der Waals surface area contributed by atoms with Crippen LogP contribution < -0.4 is 4.74 Å². The number of hydrogen-bond acceptors (Lipinski definition) is 3. The van der Waals surface area contributed by atoms with E-state index in [-0.39, 0.29) is 5.91 Å². The van der Waals surface area contributed by atoms with Crippen LogP contribution >= 0.6 is 0 Å². The summed E-state index contributed by atoms with van der Waals surface area (Å²) < 4.78 is 5.57. The van der Waals surface area contributed by atoms with E-state index in [4.69, 9.17) is 4.74 Å². The molecule has 0 saturated carbocycles. The van der Waals surface area contributed by atoms with Crippen LogP contribution in [-0.2, 0) is 13.0 Å². The molecule has 3 aromatic carbocycles. The van der Waals surface area contributed by atoms with Gasteiger partial charge in [0.05, 0.1) is 7.11 Å². The first-order chi connectivity index (χ1) is 20.1. The Morgan fingerprint density at radius 2 is 1.27 bits per heavy atom. The molecule has 0 aliphatic carbocycles. The lowest BCUT2D eigenvalue weighted by molar-refractivity contribution is 0.0734. The molecule has 0 radical (unpaired) electrons. The molecule has 0 bridgehead atoms. The standard InChI is InChI=1S/C37H52N2O2/c1-5-8-11-15-31-18-24-34(25-19-31)37(40)39(29-14-28-38(26-9-6-2)27-10-7-3)30-32-20-22-33(23-21-32)35-16-12-13-17-36(35)41-4/h12-13,16-25H,5-11,14-15,26-30H2,1-4H3. The summed E-state index contributed by atoms with van der Waals surface area (Å²) in [5.41, 5.74) is 5.43. The van der Waals surface area contributed by atoms with E-state index in [1.54, 1.807) is 7.11 Å². The van der Waals surface area contributed by atoms with E-state index in [0.29, 0.717) is 6.54 Å². The first kappa shape index (κ1) is 32.4. The number of rotatable bonds is 19. The number of carbonyl (C=O) groups is 1. The number of methoxy groups -OCH3 is 1. The molecule has 0 fully saturated rings. The van der Waals surface area contributed by atoms with Crippen LogP contribution in [0.15, 0.2) is 72.8 Å². The smallest absolute Gasteiger partial charge is 0.254 e. The molecule has 4 nitrogen and oxygen atoms in total. The van der Waals surface area contributed by atoms with Gasteiger partial charge in [0.1, 0.15) is 5.75 Å². The lowest BCUT2D eigenvalue weighted by Gasteiger charge is -2.26. The first-order valence-electron chi connectivity index (χ1n) is 15.9. The van der Waals surface area contributed by atoms with Crippen molar-refractivity contribution in [2.45, 2.75) is 85.1 Å². The number of aryl methyl sites for hydroxylation is 1. The van der Waals surface area contributed by atoms with E-state index in [9.17, 15) is 4.79 Å². The van der Waals surface area contributed by atoms with Crippen molar-refractivity contribution in [3.63, 3.8) is 0 Å². The Balaban J connectivity index is 1.74. The van der Waals surface area contributed by atoms with Crippen LogP contribution in [0.2, 0.25) is 0 Å². The molecule has 0 unspecified atom stereocenters. The molecular formula is C37H52N2O2. The van der Waals surface area contributed by atoms with Gasteiger partial charge >= 0.3 is 0 Å². The molecule has 0 spiro atoms. The molecule has 41 heavy (non-hydrogen) atoms. The number of ether oxygens (including phenoxy) is 1. The summed E-state index contributed by atoms with van der Waals surface area (Å²) in [4.78, 5) is 18.4. The van der Waals surface area contributed by atoms with Crippen molar-refractivity contribution in [1.82, 2.24) is 9.80 Å². The van der Waals surface area contributed by atoms with Crippen LogP contribution in [0.4, 0.5) is 0 Å². The van der Waals surface area contributed by atoms with Crippen molar-refractivity contribution in [2.24, 2.45) is 0 Å². The number of amides is 1. The van der Waals surface area contributed by atoms with E-state index in [1.165, 1.54) is 50.5 Å². The molecular weight excluding hydrogens is 504 g/mol. The van der Waals surface area contributed by atoms with E-state index < -0.39 is 0 Å². The SMILES string of the molecule is CCCCCc1ccc(C(=O)N(CCCN(CCCC)CCCC)Cc2ccc(-c3ccccc3OC)cc2)cc1. The quantitative estimate of drug-likeness (QED) is 0.138. The molecule has 0 N–H and O–H groups in total. The highest BCUT2D eigenvalue weighted by molar-refractivity contribution is 5.94. The number of benzene rings is 3. The maximum Gasteiger partial charge on any atom is 0.254 e. The summed E-state index contributed by atoms with van der Waals surface area (Å²) in [6.45, 7) is 11.4. The van der Waals surface area contributed by atoms with Gasteiger partial charge in [0.15, 0.2) is 0 Å². The molecule has 4 heteroatoms. The zero-order valence-electron chi connectivity index (χ0n) is 26.0. The Labute approximate surface area is 249 Å². The minimum atomic E-state index is 0.118. The number of unbranched alkanes of at least 4 members (excludes halogenated alkanes) is 4. The summed E-state index contributed by atoms with van der Waals surface area (Å²) in [5, 5.41) is 0. The number of hydrogen-bond donors (Lipinski definition) is 0. The summed E-state index contributed by atoms with van der Waals surface area (Å²) in [7, 11) is 1.71. The Hall–Kier alpha value is -3.11. The van der Waals surface area contributed by atoms with E-state index in [0.717, 1.165) is 67.0 Å². The average Bonchev–Trinajstić information content (AvgIpc) is 3.02. The molecule has 0 atom stereocenters. The molecule has 0 aliphatic heterocycles. The van der Waals surface area contributed by atoms with E-state index in [2.05, 4.69) is 68.1 Å². The zero-order chi connectivity index (χ0) is 29.3. The van der Waals surface area contributed by atoms with Gasteiger partial charge in [-0.2, -0.15) is 0 Å². The molecule has 3 aromatic rings. The lowest BCUT2D eigenvalue weighted by atomic mass is 10.0. The molecule has 3 rings (SSSR count). The van der Waals surface area contributed by atoms with Crippen molar-refractivity contribution >= 4 is 5.91 Å². The van der Waals surface area contributed by atoms with Crippen LogP contribution in [0.1, 0.15) is 93.6 Å². The van der Waals surface area contributed by atoms with Gasteiger partial charge in [0.2, 0.25) is 0 Å². The average molecular weight is 557 g/mol. The normalized spacial score (nSPS) is 11.1. The van der Waals surface area contributed by atoms with Crippen molar-refractivity contribution in [2.75, 3.05) is 33.3 Å². The molecule has 222 valence electrons. The monoisotopic (exact) mass is 556 g/mol. The fraction of sp³-hybridized carbons (Fsp3) is 0.486. The van der Waals surface area contributed by atoms with E-state index >= 15 is 0 Å². The summed E-state index contributed by atoms with van der Waals surface area (Å²) in [6, 6.07) is 25.0. The van der Waals surface area contributed by atoms with Gasteiger partial charge in [-0.05, 0) is 86.6 Å². The third-order valence-corrected chi connectivity index (χ3v) is 7.86. The Morgan fingerprint density at radius 1 is 0.659 bits per heavy atom. The topological polar surface area (TPSA) is 32.8 Å². The van der Waals surface area contributed by atoms with Gasteiger partial charge in [-0.25, -0.2) is 0 Å². The number of nitrogens with zero attached hydrogens (tertiary/aromatic N) is 2. The second-order valence-corrected chi connectivity index (χ2v) is 11.2. The Morgan fingerprint density at radius 3 is 1.90 bits per heavy atom. The molecule has 1 amide bonds. The minimum Gasteiger partial charge on any atom is -0.496 e. The summed E-state index contributed by atoms with van der Waals surface area (Å²) in [5.74, 6) is 0.985. The van der Waals surface area contributed by atoms with Crippen molar-refractivity contribution in [1.29, 1.82) is 0 Å².